The summed E-state index contributed by atoms with van der Waals surface area (Å²) in [6, 6.07) is 0. The van der Waals surface area contributed by atoms with Crippen molar-refractivity contribution in [3.8, 4) is 11.8 Å². The maximum atomic E-state index is 11.2. The van der Waals surface area contributed by atoms with Crippen LogP contribution in [-0.4, -0.2) is 15.2 Å². The Morgan fingerprint density at radius 1 is 1.54 bits per heavy atom. The van der Waals surface area contributed by atoms with Gasteiger partial charge < -0.3 is 0 Å². The van der Waals surface area contributed by atoms with Gasteiger partial charge in [-0.05, 0) is 20.8 Å². The molecule has 0 spiro atoms. The van der Waals surface area contributed by atoms with Gasteiger partial charge in [-0.3, -0.25) is 4.21 Å². The number of hydrogen-bond acceptors (Lipinski definition) is 1. The smallest absolute Gasteiger partial charge is 0.101 e. The zero-order chi connectivity index (χ0) is 10.5. The highest BCUT2D eigenvalue weighted by molar-refractivity contribution is 7.85. The van der Waals surface area contributed by atoms with Gasteiger partial charge in [-0.15, -0.1) is 0 Å². The van der Waals surface area contributed by atoms with Gasteiger partial charge in [-0.2, -0.15) is 0 Å². The highest BCUT2D eigenvalue weighted by Gasteiger charge is 2.18. The highest BCUT2D eigenvalue weighted by atomic mass is 32.2. The summed E-state index contributed by atoms with van der Waals surface area (Å²) in [4.78, 5) is 0. The van der Waals surface area contributed by atoms with E-state index < -0.39 is 15.5 Å². The predicted molar refractivity (Wildman–Crippen MR) is 59.9 cm³/mol. The molecule has 0 saturated heterocycles. The van der Waals surface area contributed by atoms with Gasteiger partial charge in [0.15, 0.2) is 0 Å². The molecule has 0 amide bonds. The minimum atomic E-state index is -0.935. The standard InChI is InChI=1S/C11H16OS/c1-6-7-10(2)8-9-11(3,4)13(5)12/h6-7H,2H2,1,3-5H3/b7-6-. The van der Waals surface area contributed by atoms with Crippen LogP contribution in [0.4, 0.5) is 0 Å². The number of rotatable bonds is 2. The predicted octanol–water partition coefficient (Wildman–Crippen LogP) is 2.28. The largest absolute Gasteiger partial charge is 0.258 e. The summed E-state index contributed by atoms with van der Waals surface area (Å²) in [6.07, 6.45) is 5.38. The highest BCUT2D eigenvalue weighted by Crippen LogP contribution is 2.09. The SMILES string of the molecule is C=C(C#CC(C)(C)S(C)=O)/C=C\C. The molecule has 2 heteroatoms. The summed E-state index contributed by atoms with van der Waals surface area (Å²) in [5.74, 6) is 5.82. The molecular formula is C11H16OS. The summed E-state index contributed by atoms with van der Waals surface area (Å²) < 4.78 is 10.7. The zero-order valence-electron chi connectivity index (χ0n) is 8.68. The van der Waals surface area contributed by atoms with Crippen LogP contribution in [-0.2, 0) is 10.8 Å². The minimum absolute atomic E-state index is 0.454. The average Bonchev–Trinajstić information content (AvgIpc) is 2.01. The Labute approximate surface area is 83.4 Å². The van der Waals surface area contributed by atoms with E-state index >= 15 is 0 Å². The molecule has 0 aliphatic carbocycles. The maximum absolute atomic E-state index is 11.2. The molecule has 1 nitrogen and oxygen atoms in total. The van der Waals surface area contributed by atoms with Gasteiger partial charge in [0.2, 0.25) is 0 Å². The van der Waals surface area contributed by atoms with Crippen molar-refractivity contribution in [2.45, 2.75) is 25.5 Å². The van der Waals surface area contributed by atoms with Gasteiger partial charge in [0.25, 0.3) is 0 Å². The first-order chi connectivity index (χ1) is 5.90. The Bertz CT molecular complexity index is 300. The first-order valence-electron chi connectivity index (χ1n) is 4.08. The van der Waals surface area contributed by atoms with Crippen LogP contribution in [0.2, 0.25) is 0 Å². The fourth-order valence-electron chi connectivity index (χ4n) is 0.546. The van der Waals surface area contributed by atoms with Crippen molar-refractivity contribution in [3.05, 3.63) is 24.3 Å². The average molecular weight is 196 g/mol. The Morgan fingerprint density at radius 2 is 2.08 bits per heavy atom. The fourth-order valence-corrected chi connectivity index (χ4v) is 0.740. The van der Waals surface area contributed by atoms with E-state index in [1.165, 1.54) is 0 Å². The summed E-state index contributed by atoms with van der Waals surface area (Å²) in [5, 5.41) is 0. The first-order valence-corrected chi connectivity index (χ1v) is 5.64. The lowest BCUT2D eigenvalue weighted by Gasteiger charge is -2.12. The quantitative estimate of drug-likeness (QED) is 0.489. The van der Waals surface area contributed by atoms with E-state index in [1.807, 2.05) is 32.9 Å². The topological polar surface area (TPSA) is 17.1 Å². The molecule has 0 aromatic rings. The van der Waals surface area contributed by atoms with E-state index in [1.54, 1.807) is 6.26 Å². The second-order valence-electron chi connectivity index (χ2n) is 3.24. The van der Waals surface area contributed by atoms with Gasteiger partial charge in [0.1, 0.15) is 4.75 Å². The van der Waals surface area contributed by atoms with Crippen LogP contribution in [0.5, 0.6) is 0 Å². The molecule has 72 valence electrons. The molecular weight excluding hydrogens is 180 g/mol. The van der Waals surface area contributed by atoms with Crippen LogP contribution >= 0.6 is 0 Å². The van der Waals surface area contributed by atoms with Crippen molar-refractivity contribution in [1.82, 2.24) is 0 Å². The maximum Gasteiger partial charge on any atom is 0.101 e. The summed E-state index contributed by atoms with van der Waals surface area (Å²) >= 11 is 0. The first kappa shape index (κ1) is 12.2. The molecule has 0 aliphatic rings. The molecule has 0 bridgehead atoms. The van der Waals surface area contributed by atoms with Crippen LogP contribution in [0, 0.1) is 11.8 Å². The molecule has 1 atom stereocenters. The van der Waals surface area contributed by atoms with E-state index in [4.69, 9.17) is 0 Å². The lowest BCUT2D eigenvalue weighted by atomic mass is 10.2. The van der Waals surface area contributed by atoms with E-state index in [2.05, 4.69) is 18.4 Å². The molecule has 0 rings (SSSR count). The molecule has 1 unspecified atom stereocenters. The van der Waals surface area contributed by atoms with Crippen molar-refractivity contribution in [3.63, 3.8) is 0 Å². The van der Waals surface area contributed by atoms with Gasteiger partial charge in [-0.1, -0.05) is 30.6 Å². The second kappa shape index (κ2) is 5.04. The Hall–Kier alpha value is -0.810. The third kappa shape index (κ3) is 4.69. The molecule has 0 aromatic carbocycles. The molecule has 0 fully saturated rings. The fraction of sp³-hybridized carbons (Fsp3) is 0.455. The molecule has 0 radical (unpaired) electrons. The number of hydrogen-bond donors (Lipinski definition) is 0. The van der Waals surface area contributed by atoms with Gasteiger partial charge in [-0.25, -0.2) is 0 Å². The van der Waals surface area contributed by atoms with E-state index in [0.29, 0.717) is 0 Å². The van der Waals surface area contributed by atoms with Gasteiger partial charge in [0.05, 0.1) is 0 Å². The van der Waals surface area contributed by atoms with E-state index in [9.17, 15) is 4.21 Å². The molecule has 0 N–H and O–H groups in total. The van der Waals surface area contributed by atoms with Crippen LogP contribution in [0.25, 0.3) is 0 Å². The van der Waals surface area contributed by atoms with Crippen molar-refractivity contribution in [2.75, 3.05) is 6.26 Å². The molecule has 0 aliphatic heterocycles. The van der Waals surface area contributed by atoms with Crippen LogP contribution in [0.15, 0.2) is 24.3 Å². The molecule has 0 heterocycles. The van der Waals surface area contributed by atoms with Crippen molar-refractivity contribution in [2.24, 2.45) is 0 Å². The summed E-state index contributed by atoms with van der Waals surface area (Å²) in [6.45, 7) is 9.38. The second-order valence-corrected chi connectivity index (χ2v) is 5.17. The Balaban J connectivity index is 4.58. The summed E-state index contributed by atoms with van der Waals surface area (Å²) in [7, 11) is -0.935. The van der Waals surface area contributed by atoms with E-state index in [0.717, 1.165) is 5.57 Å². The number of allylic oxidation sites excluding steroid dienone is 3. The van der Waals surface area contributed by atoms with Crippen molar-refractivity contribution >= 4 is 10.8 Å². The Kier molecular flexibility index (Phi) is 4.72. The lowest BCUT2D eigenvalue weighted by molar-refractivity contribution is 0.670. The summed E-state index contributed by atoms with van der Waals surface area (Å²) in [5.41, 5.74) is 0.751. The Morgan fingerprint density at radius 3 is 2.46 bits per heavy atom. The van der Waals surface area contributed by atoms with Gasteiger partial charge in [0, 0.05) is 22.6 Å². The van der Waals surface area contributed by atoms with E-state index in [-0.39, 0.29) is 0 Å². The molecule has 13 heavy (non-hydrogen) atoms. The molecule has 0 saturated carbocycles. The molecule has 0 aromatic heterocycles. The van der Waals surface area contributed by atoms with Crippen molar-refractivity contribution in [1.29, 1.82) is 0 Å². The monoisotopic (exact) mass is 196 g/mol. The third-order valence-electron chi connectivity index (χ3n) is 1.61. The third-order valence-corrected chi connectivity index (χ3v) is 3.15. The zero-order valence-corrected chi connectivity index (χ0v) is 9.49. The van der Waals surface area contributed by atoms with Crippen LogP contribution in [0.1, 0.15) is 20.8 Å². The normalized spacial score (nSPS) is 13.5. The van der Waals surface area contributed by atoms with Crippen LogP contribution in [0.3, 0.4) is 0 Å². The van der Waals surface area contributed by atoms with Crippen molar-refractivity contribution < 1.29 is 4.21 Å². The minimum Gasteiger partial charge on any atom is -0.258 e. The lowest BCUT2D eigenvalue weighted by Crippen LogP contribution is -2.22. The van der Waals surface area contributed by atoms with Gasteiger partial charge >= 0.3 is 0 Å². The van der Waals surface area contributed by atoms with Crippen LogP contribution < -0.4 is 0 Å².